The fourth-order valence-corrected chi connectivity index (χ4v) is 5.53. The predicted octanol–water partition coefficient (Wildman–Crippen LogP) is 5.87. The number of allylic oxidation sites excluding steroid dienone is 7. The molecular formula is C21H25S+. The van der Waals surface area contributed by atoms with E-state index in [1.807, 2.05) is 0 Å². The van der Waals surface area contributed by atoms with E-state index in [9.17, 15) is 0 Å². The van der Waals surface area contributed by atoms with Gasteiger partial charge in [0.05, 0.1) is 10.9 Å². The lowest BCUT2D eigenvalue weighted by molar-refractivity contribution is 0.938. The SMILES string of the molecule is CC1=CCC([S+](C2=CC=C(C)CC2)c2ccc(C)cc2)C=C1. The van der Waals surface area contributed by atoms with Crippen LogP contribution in [0.2, 0.25) is 0 Å². The molecule has 0 nitrogen and oxygen atoms in total. The first-order valence-electron chi connectivity index (χ1n) is 8.14. The van der Waals surface area contributed by atoms with E-state index in [0.717, 1.165) is 0 Å². The van der Waals surface area contributed by atoms with Gasteiger partial charge in [-0.05, 0) is 51.5 Å². The minimum Gasteiger partial charge on any atom is -0.0763 e. The molecule has 0 saturated heterocycles. The molecule has 0 aromatic heterocycles. The highest BCUT2D eigenvalue weighted by molar-refractivity contribution is 8.01. The van der Waals surface area contributed by atoms with Crippen LogP contribution in [0.4, 0.5) is 0 Å². The molecule has 0 aliphatic heterocycles. The Morgan fingerprint density at radius 1 is 0.955 bits per heavy atom. The summed E-state index contributed by atoms with van der Waals surface area (Å²) in [5.74, 6) is 0. The molecule has 2 aliphatic rings. The summed E-state index contributed by atoms with van der Waals surface area (Å²) < 4.78 is 0. The Labute approximate surface area is 137 Å². The molecule has 1 aromatic rings. The Morgan fingerprint density at radius 3 is 2.32 bits per heavy atom. The molecule has 22 heavy (non-hydrogen) atoms. The van der Waals surface area contributed by atoms with Gasteiger partial charge in [0.15, 0.2) is 10.1 Å². The Hall–Kier alpha value is -1.47. The normalized spacial score (nSPS) is 22.7. The lowest BCUT2D eigenvalue weighted by Crippen LogP contribution is -2.23. The van der Waals surface area contributed by atoms with Crippen molar-refractivity contribution in [2.24, 2.45) is 0 Å². The zero-order valence-electron chi connectivity index (χ0n) is 13.8. The van der Waals surface area contributed by atoms with Gasteiger partial charge in [-0.3, -0.25) is 0 Å². The van der Waals surface area contributed by atoms with Crippen LogP contribution in [0.15, 0.2) is 75.6 Å². The lowest BCUT2D eigenvalue weighted by Gasteiger charge is -2.21. The van der Waals surface area contributed by atoms with Gasteiger partial charge in [-0.2, -0.15) is 0 Å². The maximum Gasteiger partial charge on any atom is 0.161 e. The average molecular weight is 309 g/mol. The summed E-state index contributed by atoms with van der Waals surface area (Å²) in [5.41, 5.74) is 4.25. The highest BCUT2D eigenvalue weighted by Gasteiger charge is 2.36. The van der Waals surface area contributed by atoms with Crippen molar-refractivity contribution in [3.05, 3.63) is 76.3 Å². The minimum atomic E-state index is 0.186. The molecule has 1 heteroatoms. The fourth-order valence-electron chi connectivity index (χ4n) is 2.99. The van der Waals surface area contributed by atoms with Crippen LogP contribution in [0.5, 0.6) is 0 Å². The Kier molecular flexibility index (Phi) is 4.73. The van der Waals surface area contributed by atoms with Gasteiger partial charge in [-0.15, -0.1) is 0 Å². The summed E-state index contributed by atoms with van der Waals surface area (Å²) in [6.45, 7) is 6.60. The zero-order valence-corrected chi connectivity index (χ0v) is 14.6. The standard InChI is InChI=1S/C21H25S/c1-16-4-10-19(11-5-16)22(20-12-6-17(2)7-13-20)21-14-8-18(3)9-15-21/h4-8,10-12,14,20H,9,13,15H2,1-3H3/q+1. The number of aryl methyl sites for hydroxylation is 1. The number of rotatable bonds is 3. The maximum atomic E-state index is 2.43. The number of hydrogen-bond donors (Lipinski definition) is 0. The first-order chi connectivity index (χ1) is 10.6. The summed E-state index contributed by atoms with van der Waals surface area (Å²) in [5, 5.41) is 0.615. The predicted molar refractivity (Wildman–Crippen MR) is 99.2 cm³/mol. The third kappa shape index (κ3) is 3.47. The van der Waals surface area contributed by atoms with Gasteiger partial charge in [0.25, 0.3) is 0 Å². The highest BCUT2D eigenvalue weighted by atomic mass is 32.2. The lowest BCUT2D eigenvalue weighted by atomic mass is 10.1. The summed E-state index contributed by atoms with van der Waals surface area (Å²) in [6.07, 6.45) is 15.4. The first kappa shape index (κ1) is 15.4. The largest absolute Gasteiger partial charge is 0.161 e. The fraction of sp³-hybridized carbons (Fsp3) is 0.333. The van der Waals surface area contributed by atoms with Gasteiger partial charge in [-0.1, -0.05) is 47.1 Å². The molecule has 114 valence electrons. The molecule has 0 saturated carbocycles. The van der Waals surface area contributed by atoms with Crippen LogP contribution in [0.3, 0.4) is 0 Å². The van der Waals surface area contributed by atoms with Crippen molar-refractivity contribution in [1.29, 1.82) is 0 Å². The van der Waals surface area contributed by atoms with E-state index in [1.54, 1.807) is 4.91 Å². The van der Waals surface area contributed by atoms with Crippen LogP contribution in [-0.2, 0) is 10.9 Å². The molecule has 2 atom stereocenters. The zero-order chi connectivity index (χ0) is 15.5. The van der Waals surface area contributed by atoms with Crippen LogP contribution in [0.1, 0.15) is 38.7 Å². The molecule has 1 aromatic carbocycles. The van der Waals surface area contributed by atoms with E-state index >= 15 is 0 Å². The second-order valence-corrected chi connectivity index (χ2v) is 8.66. The molecule has 0 spiro atoms. The van der Waals surface area contributed by atoms with Crippen molar-refractivity contribution in [2.45, 2.75) is 50.2 Å². The van der Waals surface area contributed by atoms with E-state index in [1.165, 1.54) is 40.9 Å². The molecule has 0 fully saturated rings. The van der Waals surface area contributed by atoms with E-state index in [2.05, 4.69) is 75.4 Å². The van der Waals surface area contributed by atoms with Crippen molar-refractivity contribution < 1.29 is 0 Å². The van der Waals surface area contributed by atoms with Gasteiger partial charge < -0.3 is 0 Å². The average Bonchev–Trinajstić information content (AvgIpc) is 2.53. The third-order valence-electron chi connectivity index (χ3n) is 4.43. The Balaban J connectivity index is 1.96. The number of hydrogen-bond acceptors (Lipinski definition) is 0. The van der Waals surface area contributed by atoms with E-state index in [-0.39, 0.29) is 10.9 Å². The molecule has 0 amide bonds. The number of benzene rings is 1. The van der Waals surface area contributed by atoms with E-state index in [0.29, 0.717) is 5.25 Å². The second-order valence-electron chi connectivity index (χ2n) is 6.38. The van der Waals surface area contributed by atoms with E-state index < -0.39 is 0 Å². The molecule has 3 rings (SSSR count). The van der Waals surface area contributed by atoms with Gasteiger partial charge in [-0.25, -0.2) is 0 Å². The van der Waals surface area contributed by atoms with Crippen LogP contribution >= 0.6 is 0 Å². The maximum absolute atomic E-state index is 2.43. The first-order valence-corrected chi connectivity index (χ1v) is 9.43. The quantitative estimate of drug-likeness (QED) is 0.612. The monoisotopic (exact) mass is 309 g/mol. The van der Waals surface area contributed by atoms with E-state index in [4.69, 9.17) is 0 Å². The van der Waals surface area contributed by atoms with Gasteiger partial charge in [0.2, 0.25) is 0 Å². The van der Waals surface area contributed by atoms with Crippen LogP contribution in [0.25, 0.3) is 0 Å². The van der Waals surface area contributed by atoms with Gasteiger partial charge in [0.1, 0.15) is 4.91 Å². The molecule has 0 bridgehead atoms. The van der Waals surface area contributed by atoms with Gasteiger partial charge >= 0.3 is 0 Å². The molecular weight excluding hydrogens is 284 g/mol. The summed E-state index contributed by atoms with van der Waals surface area (Å²) in [6, 6.07) is 9.19. The third-order valence-corrected chi connectivity index (χ3v) is 7.07. The van der Waals surface area contributed by atoms with Crippen molar-refractivity contribution in [3.8, 4) is 0 Å². The Morgan fingerprint density at radius 2 is 1.73 bits per heavy atom. The molecule has 2 unspecified atom stereocenters. The van der Waals surface area contributed by atoms with Crippen LogP contribution in [0, 0.1) is 6.92 Å². The minimum absolute atomic E-state index is 0.186. The highest BCUT2D eigenvalue weighted by Crippen LogP contribution is 2.36. The van der Waals surface area contributed by atoms with Crippen molar-refractivity contribution in [1.82, 2.24) is 0 Å². The molecule has 0 heterocycles. The Bertz CT molecular complexity index is 656. The summed E-state index contributed by atoms with van der Waals surface area (Å²) in [4.78, 5) is 3.12. The van der Waals surface area contributed by atoms with Crippen molar-refractivity contribution in [3.63, 3.8) is 0 Å². The van der Waals surface area contributed by atoms with Gasteiger partial charge in [0, 0.05) is 12.8 Å². The van der Waals surface area contributed by atoms with Crippen LogP contribution in [-0.4, -0.2) is 5.25 Å². The summed E-state index contributed by atoms with van der Waals surface area (Å²) >= 11 is 0. The molecule has 2 aliphatic carbocycles. The summed E-state index contributed by atoms with van der Waals surface area (Å²) in [7, 11) is 0.186. The molecule has 0 N–H and O–H groups in total. The smallest absolute Gasteiger partial charge is 0.0763 e. The van der Waals surface area contributed by atoms with Crippen molar-refractivity contribution in [2.75, 3.05) is 0 Å². The van der Waals surface area contributed by atoms with Crippen molar-refractivity contribution >= 4 is 10.9 Å². The second kappa shape index (κ2) is 6.75. The topological polar surface area (TPSA) is 0 Å². The van der Waals surface area contributed by atoms with Crippen LogP contribution < -0.4 is 0 Å². The molecule has 0 radical (unpaired) electrons.